The lowest BCUT2D eigenvalue weighted by Crippen LogP contribution is -2.34. The summed E-state index contributed by atoms with van der Waals surface area (Å²) in [4.78, 5) is 29.5. The minimum Gasteiger partial charge on any atom is -0.366 e. The largest absolute Gasteiger partial charge is 0.435 e. The maximum absolute atomic E-state index is 14.2. The van der Waals surface area contributed by atoms with Gasteiger partial charge in [0.15, 0.2) is 5.69 Å². The van der Waals surface area contributed by atoms with Gasteiger partial charge in [0.1, 0.15) is 24.0 Å². The lowest BCUT2D eigenvalue weighted by Gasteiger charge is -2.22. The highest BCUT2D eigenvalue weighted by Crippen LogP contribution is 2.38. The van der Waals surface area contributed by atoms with Gasteiger partial charge < -0.3 is 11.1 Å². The fourth-order valence-corrected chi connectivity index (χ4v) is 5.20. The van der Waals surface area contributed by atoms with Crippen LogP contribution in [0.4, 0.5) is 26.3 Å². The first-order valence-electron chi connectivity index (χ1n) is 12.9. The number of nitrogens with zero attached hydrogens (tertiary/aromatic N) is 3. The molecule has 0 fully saturated rings. The van der Waals surface area contributed by atoms with Crippen molar-refractivity contribution in [2.24, 2.45) is 5.73 Å². The van der Waals surface area contributed by atoms with Gasteiger partial charge in [0.05, 0.1) is 17.3 Å². The Bertz CT molecular complexity index is 1740. The van der Waals surface area contributed by atoms with Crippen LogP contribution in [0.25, 0.3) is 11.1 Å². The molecule has 2 aromatic heterocycles. The Morgan fingerprint density at radius 1 is 1.05 bits per heavy atom. The van der Waals surface area contributed by atoms with E-state index in [9.17, 15) is 35.9 Å². The monoisotopic (exact) mass is 599 g/mol. The average molecular weight is 600 g/mol. The summed E-state index contributed by atoms with van der Waals surface area (Å²) in [5.74, 6) is -4.35. The van der Waals surface area contributed by atoms with E-state index in [1.54, 1.807) is 12.1 Å². The number of nitrogens with two attached hydrogens (primary N) is 1. The number of carbonyl (C=O) groups excluding carboxylic acids is 2. The molecule has 0 bridgehead atoms. The highest BCUT2D eigenvalue weighted by molar-refractivity contribution is 5.94. The van der Waals surface area contributed by atoms with Crippen molar-refractivity contribution < 1.29 is 35.9 Å². The normalized spacial score (nSPS) is 13.6. The van der Waals surface area contributed by atoms with Crippen molar-refractivity contribution in [2.75, 3.05) is 0 Å². The maximum Gasteiger partial charge on any atom is 0.435 e. The number of alkyl halides is 3. The van der Waals surface area contributed by atoms with Crippen LogP contribution in [0.15, 0.2) is 66.9 Å². The Morgan fingerprint density at radius 3 is 2.44 bits per heavy atom. The number of hydrogen-bond donors (Lipinski definition) is 2. The number of primary amides is 1. The second-order valence-corrected chi connectivity index (χ2v) is 10.1. The number of rotatable bonds is 8. The van der Waals surface area contributed by atoms with Crippen LogP contribution in [0.5, 0.6) is 0 Å². The molecule has 2 amide bonds. The summed E-state index contributed by atoms with van der Waals surface area (Å²) in [7, 11) is 0. The lowest BCUT2D eigenvalue weighted by molar-refractivity contribution is -0.142. The molecule has 222 valence electrons. The first-order valence-corrected chi connectivity index (χ1v) is 12.9. The fraction of sp³-hybridized carbons (Fsp3) is 0.200. The molecule has 5 rings (SSSR count). The molecule has 0 aliphatic heterocycles. The third kappa shape index (κ3) is 6.30. The van der Waals surface area contributed by atoms with Crippen molar-refractivity contribution in [3.05, 3.63) is 118 Å². The van der Waals surface area contributed by atoms with E-state index < -0.39 is 59.3 Å². The van der Waals surface area contributed by atoms with Gasteiger partial charge >= 0.3 is 6.18 Å². The van der Waals surface area contributed by atoms with E-state index in [1.165, 1.54) is 18.3 Å². The minimum absolute atomic E-state index is 0.0121. The van der Waals surface area contributed by atoms with Gasteiger partial charge in [-0.05, 0) is 54.3 Å². The molecule has 3 N–H and O–H groups in total. The number of halogens is 6. The zero-order valence-corrected chi connectivity index (χ0v) is 22.3. The number of carbonyl (C=O) groups is 2. The van der Waals surface area contributed by atoms with Gasteiger partial charge in [-0.3, -0.25) is 19.3 Å². The first-order chi connectivity index (χ1) is 20.3. The van der Waals surface area contributed by atoms with Crippen LogP contribution >= 0.6 is 0 Å². The Labute approximate surface area is 241 Å². The highest BCUT2D eigenvalue weighted by atomic mass is 19.4. The molecule has 2 aromatic carbocycles. The lowest BCUT2D eigenvalue weighted by atomic mass is 9.94. The van der Waals surface area contributed by atoms with Crippen LogP contribution in [0.1, 0.15) is 44.6 Å². The minimum atomic E-state index is -4.73. The van der Waals surface area contributed by atoms with Crippen LogP contribution in [-0.2, 0) is 36.8 Å². The van der Waals surface area contributed by atoms with E-state index in [0.717, 1.165) is 22.9 Å². The van der Waals surface area contributed by atoms with Crippen molar-refractivity contribution in [3.8, 4) is 11.1 Å². The number of amides is 2. The molecule has 0 spiro atoms. The molecular weight excluding hydrogens is 576 g/mol. The van der Waals surface area contributed by atoms with Crippen molar-refractivity contribution in [3.63, 3.8) is 0 Å². The highest BCUT2D eigenvalue weighted by Gasteiger charge is 2.41. The van der Waals surface area contributed by atoms with Crippen molar-refractivity contribution in [2.45, 2.75) is 38.0 Å². The molecule has 13 heteroatoms. The third-order valence-corrected chi connectivity index (χ3v) is 6.98. The Kier molecular flexibility index (Phi) is 7.82. The third-order valence-electron chi connectivity index (χ3n) is 6.98. The quantitative estimate of drug-likeness (QED) is 0.214. The molecular formula is C30H23F6N5O2. The van der Waals surface area contributed by atoms with Gasteiger partial charge in [0, 0.05) is 35.5 Å². The zero-order valence-electron chi connectivity index (χ0n) is 22.3. The summed E-state index contributed by atoms with van der Waals surface area (Å²) < 4.78 is 84.2. The molecule has 0 radical (unpaired) electrons. The molecule has 4 aromatic rings. The first kappa shape index (κ1) is 29.5. The number of benzene rings is 2. The topological polar surface area (TPSA) is 103 Å². The second-order valence-electron chi connectivity index (χ2n) is 10.1. The van der Waals surface area contributed by atoms with Gasteiger partial charge in [0.2, 0.25) is 5.91 Å². The molecule has 0 saturated carbocycles. The molecule has 2 heterocycles. The van der Waals surface area contributed by atoms with E-state index >= 15 is 0 Å². The van der Waals surface area contributed by atoms with E-state index in [2.05, 4.69) is 22.0 Å². The summed E-state index contributed by atoms with van der Waals surface area (Å²) in [6, 6.07) is 8.46. The Hall–Kier alpha value is -4.94. The number of fused-ring (bicyclic) bond motifs is 1. The predicted octanol–water partition coefficient (Wildman–Crippen LogP) is 5.24. The number of aromatic nitrogens is 3. The van der Waals surface area contributed by atoms with E-state index in [4.69, 9.17) is 5.73 Å². The number of allylic oxidation sites excluding steroid dienone is 1. The van der Waals surface area contributed by atoms with Gasteiger partial charge in [-0.25, -0.2) is 13.2 Å². The number of pyridine rings is 1. The van der Waals surface area contributed by atoms with Crippen LogP contribution in [0, 0.1) is 17.5 Å². The van der Waals surface area contributed by atoms with E-state index in [1.807, 2.05) is 0 Å². The summed E-state index contributed by atoms with van der Waals surface area (Å²) in [5, 5.41) is 6.36. The summed E-state index contributed by atoms with van der Waals surface area (Å²) in [6.07, 6.45) is -3.42. The summed E-state index contributed by atoms with van der Waals surface area (Å²) >= 11 is 0. The number of hydrogen-bond acceptors (Lipinski definition) is 4. The van der Waals surface area contributed by atoms with E-state index in [-0.39, 0.29) is 41.8 Å². The van der Waals surface area contributed by atoms with Crippen LogP contribution in [-0.4, -0.2) is 26.6 Å². The molecule has 1 atom stereocenters. The van der Waals surface area contributed by atoms with Gasteiger partial charge in [0.25, 0.3) is 5.91 Å². The van der Waals surface area contributed by atoms with Crippen LogP contribution < -0.4 is 11.1 Å². The van der Waals surface area contributed by atoms with Crippen molar-refractivity contribution in [1.29, 1.82) is 0 Å². The second kappa shape index (κ2) is 11.4. The fourth-order valence-electron chi connectivity index (χ4n) is 5.20. The van der Waals surface area contributed by atoms with Crippen molar-refractivity contribution in [1.82, 2.24) is 20.1 Å². The molecule has 1 aliphatic carbocycles. The SMILES string of the molecule is C=C1Cc2c(C(F)(F)F)nn(CC(=O)N[C@@H](Cc3cc(F)cc(F)c3)c3ncccc3-c3ccc(F)c(C(N)=O)c3)c2C1. The van der Waals surface area contributed by atoms with Gasteiger partial charge in [-0.15, -0.1) is 0 Å². The Balaban J connectivity index is 1.53. The Morgan fingerprint density at radius 2 is 1.77 bits per heavy atom. The molecule has 1 aliphatic rings. The zero-order chi connectivity index (χ0) is 31.1. The average Bonchev–Trinajstić information content (AvgIpc) is 3.45. The molecule has 7 nitrogen and oxygen atoms in total. The van der Waals surface area contributed by atoms with E-state index in [0.29, 0.717) is 22.8 Å². The molecule has 43 heavy (non-hydrogen) atoms. The smallest absolute Gasteiger partial charge is 0.366 e. The molecule has 0 unspecified atom stereocenters. The van der Waals surface area contributed by atoms with Crippen LogP contribution in [0.2, 0.25) is 0 Å². The van der Waals surface area contributed by atoms with Gasteiger partial charge in [-0.2, -0.15) is 18.3 Å². The summed E-state index contributed by atoms with van der Waals surface area (Å²) in [5.41, 5.74) is 5.52. The molecule has 0 saturated heterocycles. The van der Waals surface area contributed by atoms with Gasteiger partial charge in [-0.1, -0.05) is 24.3 Å². The maximum atomic E-state index is 14.2. The van der Waals surface area contributed by atoms with Crippen molar-refractivity contribution >= 4 is 11.8 Å². The standard InChI is InChI=1S/C30H23F6N5O2/c1-15-7-22-25(8-15)41(40-28(22)30(34,35)36)14-26(42)39-24(11-16-9-18(31)13-19(32)10-16)27-20(3-2-6-38-27)17-4-5-23(33)21(12-17)29(37)43/h2-6,9-10,12-13,24H,1,7-8,11,14H2,(H2,37,43)(H,39,42)/t24-/m0/s1. The number of nitrogens with one attached hydrogen (secondary N) is 1. The predicted molar refractivity (Wildman–Crippen MR) is 143 cm³/mol. The summed E-state index contributed by atoms with van der Waals surface area (Å²) in [6.45, 7) is 3.17. The van der Waals surface area contributed by atoms with Crippen LogP contribution in [0.3, 0.4) is 0 Å².